The van der Waals surface area contributed by atoms with Crippen LogP contribution in [0.15, 0.2) is 42.5 Å². The van der Waals surface area contributed by atoms with Crippen molar-refractivity contribution in [2.45, 2.75) is 25.2 Å². The van der Waals surface area contributed by atoms with Gasteiger partial charge in [0.2, 0.25) is 5.91 Å². The molecule has 0 saturated heterocycles. The average molecular weight is 229 g/mol. The van der Waals surface area contributed by atoms with Crippen LogP contribution < -0.4 is 5.32 Å². The lowest BCUT2D eigenvalue weighted by atomic mass is 9.83. The van der Waals surface area contributed by atoms with Gasteiger partial charge >= 0.3 is 0 Å². The highest BCUT2D eigenvalue weighted by Gasteiger charge is 2.24. The number of nitrogens with one attached hydrogen (secondary N) is 1. The summed E-state index contributed by atoms with van der Waals surface area (Å²) in [6.45, 7) is 0. The molecule has 1 amide bonds. The Kier molecular flexibility index (Phi) is 3.97. The minimum atomic E-state index is 0.124. The zero-order valence-electron chi connectivity index (χ0n) is 10.2. The number of carbonyl (C=O) groups excluding carboxylic acids is 1. The number of hydrogen-bond acceptors (Lipinski definition) is 1. The topological polar surface area (TPSA) is 29.1 Å². The Hall–Kier alpha value is -1.57. The fraction of sp³-hybridized carbons (Fsp3) is 0.400. The highest BCUT2D eigenvalue weighted by Crippen LogP contribution is 2.35. The summed E-state index contributed by atoms with van der Waals surface area (Å²) in [5.74, 6) is 0.948. The van der Waals surface area contributed by atoms with Crippen molar-refractivity contribution in [3.05, 3.63) is 48.0 Å². The minimum absolute atomic E-state index is 0.124. The van der Waals surface area contributed by atoms with E-state index >= 15 is 0 Å². The van der Waals surface area contributed by atoms with Gasteiger partial charge in [0.1, 0.15) is 0 Å². The first-order chi connectivity index (χ1) is 8.31. The van der Waals surface area contributed by atoms with Crippen LogP contribution in [0.2, 0.25) is 0 Å². The Morgan fingerprint density at radius 3 is 2.76 bits per heavy atom. The zero-order chi connectivity index (χ0) is 12.1. The largest absolute Gasteiger partial charge is 0.359 e. The second kappa shape index (κ2) is 5.67. The van der Waals surface area contributed by atoms with Crippen molar-refractivity contribution in [1.82, 2.24) is 5.32 Å². The van der Waals surface area contributed by atoms with Gasteiger partial charge in [-0.15, -0.1) is 0 Å². The fourth-order valence-electron chi connectivity index (χ4n) is 2.51. The van der Waals surface area contributed by atoms with Crippen LogP contribution >= 0.6 is 0 Å². The molecule has 2 heteroatoms. The van der Waals surface area contributed by atoms with Gasteiger partial charge in [-0.2, -0.15) is 0 Å². The molecule has 0 fully saturated rings. The van der Waals surface area contributed by atoms with E-state index in [9.17, 15) is 4.79 Å². The molecule has 0 unspecified atom stereocenters. The van der Waals surface area contributed by atoms with Crippen molar-refractivity contribution in [2.24, 2.45) is 5.92 Å². The van der Waals surface area contributed by atoms with E-state index in [4.69, 9.17) is 0 Å². The van der Waals surface area contributed by atoms with Crippen LogP contribution in [0.1, 0.15) is 30.7 Å². The molecule has 2 nitrogen and oxygen atoms in total. The number of benzene rings is 1. The molecule has 0 aliphatic heterocycles. The van der Waals surface area contributed by atoms with E-state index in [2.05, 4.69) is 29.6 Å². The third kappa shape index (κ3) is 2.96. The van der Waals surface area contributed by atoms with E-state index in [1.807, 2.05) is 18.2 Å². The maximum Gasteiger partial charge on any atom is 0.220 e. The average Bonchev–Trinajstić information content (AvgIpc) is 2.90. The Bertz CT molecular complexity index is 397. The molecule has 0 spiro atoms. The Balaban J connectivity index is 2.17. The van der Waals surface area contributed by atoms with Gasteiger partial charge < -0.3 is 5.32 Å². The second-order valence-corrected chi connectivity index (χ2v) is 4.56. The third-order valence-electron chi connectivity index (χ3n) is 3.48. The summed E-state index contributed by atoms with van der Waals surface area (Å²) >= 11 is 0. The summed E-state index contributed by atoms with van der Waals surface area (Å²) in [6.07, 6.45) is 7.37. The minimum Gasteiger partial charge on any atom is -0.359 e. The van der Waals surface area contributed by atoms with Crippen LogP contribution in [-0.2, 0) is 4.79 Å². The molecule has 0 saturated carbocycles. The third-order valence-corrected chi connectivity index (χ3v) is 3.48. The van der Waals surface area contributed by atoms with E-state index in [-0.39, 0.29) is 5.91 Å². The molecule has 0 bridgehead atoms. The first-order valence-corrected chi connectivity index (χ1v) is 6.23. The Morgan fingerprint density at radius 1 is 1.41 bits per heavy atom. The molecule has 17 heavy (non-hydrogen) atoms. The van der Waals surface area contributed by atoms with E-state index in [1.54, 1.807) is 7.05 Å². The highest BCUT2D eigenvalue weighted by atomic mass is 16.1. The smallest absolute Gasteiger partial charge is 0.220 e. The molecule has 0 heterocycles. The first kappa shape index (κ1) is 11.9. The number of allylic oxidation sites excluding steroid dienone is 2. The van der Waals surface area contributed by atoms with Crippen molar-refractivity contribution in [3.8, 4) is 0 Å². The number of hydrogen-bond donors (Lipinski definition) is 1. The molecule has 1 aromatic rings. The zero-order valence-corrected chi connectivity index (χ0v) is 10.2. The van der Waals surface area contributed by atoms with Gasteiger partial charge in [-0.05, 0) is 30.2 Å². The van der Waals surface area contributed by atoms with E-state index in [0.717, 1.165) is 12.8 Å². The predicted octanol–water partition coefficient (Wildman–Crippen LogP) is 2.87. The van der Waals surface area contributed by atoms with Gasteiger partial charge in [0.05, 0.1) is 0 Å². The molecule has 1 aromatic carbocycles. The lowest BCUT2D eigenvalue weighted by molar-refractivity contribution is -0.121. The molecule has 90 valence electrons. The molecule has 1 aliphatic carbocycles. The molecular weight excluding hydrogens is 210 g/mol. The van der Waals surface area contributed by atoms with Crippen molar-refractivity contribution in [3.63, 3.8) is 0 Å². The predicted molar refractivity (Wildman–Crippen MR) is 69.7 cm³/mol. The summed E-state index contributed by atoms with van der Waals surface area (Å²) in [6, 6.07) is 10.4. The number of rotatable bonds is 4. The Morgan fingerprint density at radius 2 is 2.18 bits per heavy atom. The molecule has 1 N–H and O–H groups in total. The molecular formula is C15H19NO. The summed E-state index contributed by atoms with van der Waals surface area (Å²) in [7, 11) is 1.70. The molecule has 2 rings (SSSR count). The van der Waals surface area contributed by atoms with Crippen LogP contribution in [0.3, 0.4) is 0 Å². The van der Waals surface area contributed by atoms with E-state index in [0.29, 0.717) is 18.3 Å². The molecule has 1 aliphatic rings. The summed E-state index contributed by atoms with van der Waals surface area (Å²) in [4.78, 5) is 11.6. The second-order valence-electron chi connectivity index (χ2n) is 4.56. The standard InChI is InChI=1S/C15H19NO/c1-16-15(17)11-14(13-9-5-6-10-13)12-7-3-2-4-8-12/h2-5,7-9,13-14H,6,10-11H2,1H3,(H,16,17)/t13-,14-/m1/s1. The van der Waals surface area contributed by atoms with Crippen LogP contribution in [-0.4, -0.2) is 13.0 Å². The maximum absolute atomic E-state index is 11.6. The lowest BCUT2D eigenvalue weighted by Crippen LogP contribution is -2.23. The van der Waals surface area contributed by atoms with Gasteiger partial charge in [-0.25, -0.2) is 0 Å². The van der Waals surface area contributed by atoms with Crippen molar-refractivity contribution < 1.29 is 4.79 Å². The van der Waals surface area contributed by atoms with Gasteiger partial charge in [-0.3, -0.25) is 4.79 Å². The van der Waals surface area contributed by atoms with Gasteiger partial charge in [0.25, 0.3) is 0 Å². The Labute approximate surface area is 103 Å². The SMILES string of the molecule is CNC(=O)C[C@H](c1ccccc1)[C@@H]1C=CCC1. The van der Waals surface area contributed by atoms with Crippen molar-refractivity contribution in [1.29, 1.82) is 0 Å². The van der Waals surface area contributed by atoms with E-state index < -0.39 is 0 Å². The van der Waals surface area contributed by atoms with Gasteiger partial charge in [-0.1, -0.05) is 42.5 Å². The maximum atomic E-state index is 11.6. The van der Waals surface area contributed by atoms with Crippen LogP contribution in [0.4, 0.5) is 0 Å². The van der Waals surface area contributed by atoms with Crippen LogP contribution in [0.5, 0.6) is 0 Å². The first-order valence-electron chi connectivity index (χ1n) is 6.23. The summed E-state index contributed by atoms with van der Waals surface area (Å²) in [5.41, 5.74) is 1.27. The van der Waals surface area contributed by atoms with Gasteiger partial charge in [0, 0.05) is 13.5 Å². The fourth-order valence-corrected chi connectivity index (χ4v) is 2.51. The summed E-state index contributed by atoms with van der Waals surface area (Å²) < 4.78 is 0. The monoisotopic (exact) mass is 229 g/mol. The van der Waals surface area contributed by atoms with E-state index in [1.165, 1.54) is 5.56 Å². The lowest BCUT2D eigenvalue weighted by Gasteiger charge is -2.22. The molecule has 2 atom stereocenters. The van der Waals surface area contributed by atoms with Crippen LogP contribution in [0.25, 0.3) is 0 Å². The molecule has 0 radical (unpaired) electrons. The number of amides is 1. The quantitative estimate of drug-likeness (QED) is 0.790. The highest BCUT2D eigenvalue weighted by molar-refractivity contribution is 5.76. The number of carbonyl (C=O) groups is 1. The van der Waals surface area contributed by atoms with Crippen LogP contribution in [0, 0.1) is 5.92 Å². The normalized spacial score (nSPS) is 20.2. The van der Waals surface area contributed by atoms with Crippen molar-refractivity contribution in [2.75, 3.05) is 7.05 Å². The molecule has 0 aromatic heterocycles. The van der Waals surface area contributed by atoms with Gasteiger partial charge in [0.15, 0.2) is 0 Å². The van der Waals surface area contributed by atoms with Crippen molar-refractivity contribution >= 4 is 5.91 Å². The summed E-state index contributed by atoms with van der Waals surface area (Å²) in [5, 5.41) is 2.73.